The molecule has 0 saturated heterocycles. The molecule has 134 valence electrons. The van der Waals surface area contributed by atoms with Crippen molar-refractivity contribution < 1.29 is 26.7 Å². The highest BCUT2D eigenvalue weighted by Crippen LogP contribution is 2.36. The predicted octanol–water partition coefficient (Wildman–Crippen LogP) is 4.14. The Morgan fingerprint density at radius 1 is 1.29 bits per heavy atom. The summed E-state index contributed by atoms with van der Waals surface area (Å²) in [6.07, 6.45) is -4.34. The third kappa shape index (κ3) is 6.21. The minimum Gasteiger partial charge on any atom is -0.406 e. The van der Waals surface area contributed by atoms with E-state index in [1.165, 1.54) is 12.1 Å². The van der Waals surface area contributed by atoms with Gasteiger partial charge < -0.3 is 15.8 Å². The monoisotopic (exact) mass is 351 g/mol. The molecule has 9 heteroatoms. The molecule has 1 aromatic carbocycles. The molecule has 0 aromatic heterocycles. The molecular weight excluding hydrogens is 333 g/mol. The number of nitrogens with zero attached hydrogens (tertiary/aromatic N) is 1. The summed E-state index contributed by atoms with van der Waals surface area (Å²) in [6.45, 7) is 0.299. The normalized spacial score (nSPS) is 19.1. The van der Waals surface area contributed by atoms with Crippen molar-refractivity contribution in [3.05, 3.63) is 24.3 Å². The second kappa shape index (κ2) is 7.23. The summed E-state index contributed by atoms with van der Waals surface area (Å²) in [7, 11) is 0. The number of alkyl halides is 5. The van der Waals surface area contributed by atoms with Gasteiger partial charge in [0.15, 0.2) is 5.96 Å². The Labute approximate surface area is 135 Å². The molecule has 1 aliphatic rings. The average Bonchev–Trinajstić information content (AvgIpc) is 2.44. The zero-order valence-electron chi connectivity index (χ0n) is 12.7. The van der Waals surface area contributed by atoms with Crippen molar-refractivity contribution in [2.24, 2.45) is 16.6 Å². The first-order valence-electron chi connectivity index (χ1n) is 7.43. The molecule has 0 aliphatic heterocycles. The quantitative estimate of drug-likeness (QED) is 0.487. The van der Waals surface area contributed by atoms with Gasteiger partial charge in [0.1, 0.15) is 5.75 Å². The fourth-order valence-corrected chi connectivity index (χ4v) is 2.47. The van der Waals surface area contributed by atoms with E-state index >= 15 is 0 Å². The van der Waals surface area contributed by atoms with Gasteiger partial charge in [-0.05, 0) is 30.9 Å². The van der Waals surface area contributed by atoms with Crippen LogP contribution in [0.2, 0.25) is 0 Å². The van der Waals surface area contributed by atoms with Crippen molar-refractivity contribution in [2.45, 2.75) is 38.0 Å². The van der Waals surface area contributed by atoms with Gasteiger partial charge in [0.2, 0.25) is 5.92 Å². The summed E-state index contributed by atoms with van der Waals surface area (Å²) < 4.78 is 66.4. The van der Waals surface area contributed by atoms with Gasteiger partial charge in [-0.3, -0.25) is 4.99 Å². The lowest BCUT2D eigenvalue weighted by Crippen LogP contribution is -2.28. The van der Waals surface area contributed by atoms with Gasteiger partial charge in [-0.2, -0.15) is 0 Å². The average molecular weight is 351 g/mol. The van der Waals surface area contributed by atoms with Crippen LogP contribution >= 0.6 is 0 Å². The number of ether oxygens (including phenoxy) is 1. The molecule has 1 fully saturated rings. The molecule has 1 aromatic rings. The third-order valence-corrected chi connectivity index (χ3v) is 3.70. The maximum atomic E-state index is 13.1. The fourth-order valence-electron chi connectivity index (χ4n) is 2.47. The van der Waals surface area contributed by atoms with Crippen LogP contribution in [0.4, 0.5) is 27.6 Å². The largest absolute Gasteiger partial charge is 0.573 e. The van der Waals surface area contributed by atoms with E-state index in [0.29, 0.717) is 19.4 Å². The molecule has 0 bridgehead atoms. The number of hydrogen-bond acceptors (Lipinski definition) is 2. The Bertz CT molecular complexity index is 579. The Kier molecular flexibility index (Phi) is 5.51. The Morgan fingerprint density at radius 2 is 1.96 bits per heavy atom. The van der Waals surface area contributed by atoms with Gasteiger partial charge >= 0.3 is 6.36 Å². The van der Waals surface area contributed by atoms with Gasteiger partial charge in [0.05, 0.1) is 0 Å². The van der Waals surface area contributed by atoms with Crippen molar-refractivity contribution in [1.82, 2.24) is 0 Å². The van der Waals surface area contributed by atoms with Crippen molar-refractivity contribution in [2.75, 3.05) is 11.9 Å². The molecule has 1 saturated carbocycles. The number of guanidine groups is 1. The molecule has 24 heavy (non-hydrogen) atoms. The summed E-state index contributed by atoms with van der Waals surface area (Å²) >= 11 is 0. The first-order valence-corrected chi connectivity index (χ1v) is 7.43. The Balaban J connectivity index is 1.87. The molecule has 3 N–H and O–H groups in total. The molecule has 1 aliphatic carbocycles. The molecule has 0 unspecified atom stereocenters. The standard InChI is InChI=1S/C15H18F5N3O/c16-14(17)6-4-10(5-7-14)9-22-13(21)23-11-2-1-3-12(8-11)24-15(18,19)20/h1-3,8,10H,4-7,9H2,(H3,21,22,23). The van der Waals surface area contributed by atoms with E-state index < -0.39 is 12.3 Å². The number of rotatable bonds is 4. The van der Waals surface area contributed by atoms with E-state index in [-0.39, 0.29) is 36.2 Å². The van der Waals surface area contributed by atoms with Gasteiger partial charge in [-0.15, -0.1) is 13.2 Å². The number of benzene rings is 1. The van der Waals surface area contributed by atoms with E-state index in [1.807, 2.05) is 0 Å². The second-order valence-corrected chi connectivity index (χ2v) is 5.73. The van der Waals surface area contributed by atoms with E-state index in [0.717, 1.165) is 12.1 Å². The lowest BCUT2D eigenvalue weighted by atomic mass is 9.87. The number of nitrogens with two attached hydrogens (primary N) is 1. The zero-order chi connectivity index (χ0) is 17.8. The second-order valence-electron chi connectivity index (χ2n) is 5.73. The van der Waals surface area contributed by atoms with Gasteiger partial charge in [-0.1, -0.05) is 6.07 Å². The van der Waals surface area contributed by atoms with Crippen LogP contribution in [0.25, 0.3) is 0 Å². The number of nitrogens with one attached hydrogen (secondary N) is 1. The molecule has 0 radical (unpaired) electrons. The molecular formula is C15H18F5N3O. The SMILES string of the molecule is NC(=NCC1CCC(F)(F)CC1)Nc1cccc(OC(F)(F)F)c1. The lowest BCUT2D eigenvalue weighted by molar-refractivity contribution is -0.274. The topological polar surface area (TPSA) is 59.6 Å². The molecule has 0 atom stereocenters. The van der Waals surface area contributed by atoms with E-state index in [9.17, 15) is 22.0 Å². The Hall–Kier alpha value is -2.06. The van der Waals surface area contributed by atoms with E-state index in [4.69, 9.17) is 5.73 Å². The van der Waals surface area contributed by atoms with Crippen LogP contribution in [0.3, 0.4) is 0 Å². The summed E-state index contributed by atoms with van der Waals surface area (Å²) in [6, 6.07) is 5.18. The lowest BCUT2D eigenvalue weighted by Gasteiger charge is -2.27. The van der Waals surface area contributed by atoms with Gasteiger partial charge in [-0.25, -0.2) is 8.78 Å². The van der Waals surface area contributed by atoms with Crippen LogP contribution in [0.5, 0.6) is 5.75 Å². The number of halogens is 5. The first-order chi connectivity index (χ1) is 11.1. The highest BCUT2D eigenvalue weighted by atomic mass is 19.4. The van der Waals surface area contributed by atoms with Crippen LogP contribution in [-0.4, -0.2) is 24.8 Å². The van der Waals surface area contributed by atoms with Crippen LogP contribution in [0, 0.1) is 5.92 Å². The minimum atomic E-state index is -4.78. The number of anilines is 1. The van der Waals surface area contributed by atoms with Crippen molar-refractivity contribution in [3.8, 4) is 5.75 Å². The van der Waals surface area contributed by atoms with Crippen molar-refractivity contribution >= 4 is 11.6 Å². The predicted molar refractivity (Wildman–Crippen MR) is 80.1 cm³/mol. The molecule has 0 spiro atoms. The van der Waals surface area contributed by atoms with Crippen LogP contribution in [0.15, 0.2) is 29.3 Å². The summed E-state index contributed by atoms with van der Waals surface area (Å²) in [5.74, 6) is -2.93. The summed E-state index contributed by atoms with van der Waals surface area (Å²) in [4.78, 5) is 4.07. The van der Waals surface area contributed by atoms with E-state index in [2.05, 4.69) is 15.0 Å². The Morgan fingerprint density at radius 3 is 2.58 bits per heavy atom. The minimum absolute atomic E-state index is 0.0106. The molecule has 0 amide bonds. The maximum Gasteiger partial charge on any atom is 0.573 e. The first kappa shape index (κ1) is 18.3. The third-order valence-electron chi connectivity index (χ3n) is 3.70. The van der Waals surface area contributed by atoms with Gasteiger partial charge in [0.25, 0.3) is 0 Å². The molecule has 0 heterocycles. The molecule has 2 rings (SSSR count). The molecule has 4 nitrogen and oxygen atoms in total. The summed E-state index contributed by atoms with van der Waals surface area (Å²) in [5.41, 5.74) is 5.97. The van der Waals surface area contributed by atoms with Gasteiger partial charge in [0, 0.05) is 31.1 Å². The summed E-state index contributed by atoms with van der Waals surface area (Å²) in [5, 5.41) is 2.66. The van der Waals surface area contributed by atoms with Crippen LogP contribution in [-0.2, 0) is 0 Å². The van der Waals surface area contributed by atoms with Crippen LogP contribution in [0.1, 0.15) is 25.7 Å². The number of hydrogen-bond donors (Lipinski definition) is 2. The van der Waals surface area contributed by atoms with Crippen molar-refractivity contribution in [3.63, 3.8) is 0 Å². The maximum absolute atomic E-state index is 13.1. The van der Waals surface area contributed by atoms with E-state index in [1.54, 1.807) is 0 Å². The number of aliphatic imine (C=N–C) groups is 1. The zero-order valence-corrected chi connectivity index (χ0v) is 12.7. The smallest absolute Gasteiger partial charge is 0.406 e. The van der Waals surface area contributed by atoms with Crippen LogP contribution < -0.4 is 15.8 Å². The highest BCUT2D eigenvalue weighted by molar-refractivity contribution is 5.92. The van der Waals surface area contributed by atoms with Crippen molar-refractivity contribution in [1.29, 1.82) is 0 Å². The highest BCUT2D eigenvalue weighted by Gasteiger charge is 2.34. The fraction of sp³-hybridized carbons (Fsp3) is 0.533.